The summed E-state index contributed by atoms with van der Waals surface area (Å²) in [5, 5.41) is 17.8. The van der Waals surface area contributed by atoms with Crippen LogP contribution in [0.15, 0.2) is 27.4 Å². The molecule has 6 heteroatoms. The van der Waals surface area contributed by atoms with Gasteiger partial charge in [-0.25, -0.2) is 4.79 Å². The second-order valence-electron chi connectivity index (χ2n) is 3.47. The molecule has 0 bridgehead atoms. The normalized spacial score (nSPS) is 10.5. The number of benzene rings is 1. The van der Waals surface area contributed by atoms with Crippen LogP contribution in [-0.4, -0.2) is 21.3 Å². The summed E-state index contributed by atoms with van der Waals surface area (Å²) < 4.78 is 0.869. The monoisotopic (exact) mass is 266 g/mol. The topological polar surface area (TPSA) is 63.1 Å². The Morgan fingerprint density at radius 3 is 2.65 bits per heavy atom. The lowest BCUT2D eigenvalue weighted by molar-refractivity contribution is 0.0696. The average Bonchev–Trinajstić information content (AvgIpc) is 2.67. The first-order chi connectivity index (χ1) is 8.06. The van der Waals surface area contributed by atoms with E-state index in [1.54, 1.807) is 18.2 Å². The maximum absolute atomic E-state index is 10.8. The van der Waals surface area contributed by atoms with Gasteiger partial charge in [-0.15, -0.1) is 10.2 Å². The summed E-state index contributed by atoms with van der Waals surface area (Å²) in [6.45, 7) is 3.80. The van der Waals surface area contributed by atoms with Gasteiger partial charge in [0.2, 0.25) is 0 Å². The molecule has 1 aromatic carbocycles. The van der Waals surface area contributed by atoms with E-state index in [4.69, 9.17) is 5.11 Å². The molecule has 17 heavy (non-hydrogen) atoms. The lowest BCUT2D eigenvalue weighted by Crippen LogP contribution is -1.96. The van der Waals surface area contributed by atoms with Crippen LogP contribution in [0.2, 0.25) is 0 Å². The van der Waals surface area contributed by atoms with Crippen molar-refractivity contribution in [2.24, 2.45) is 0 Å². The molecule has 88 valence electrons. The lowest BCUT2D eigenvalue weighted by atomic mass is 10.1. The fraction of sp³-hybridized carbons (Fsp3) is 0.182. The summed E-state index contributed by atoms with van der Waals surface area (Å²) >= 11 is 3.03. The molecule has 0 radical (unpaired) electrons. The lowest BCUT2D eigenvalue weighted by Gasteiger charge is -2.03. The fourth-order valence-corrected chi connectivity index (χ4v) is 3.15. The quantitative estimate of drug-likeness (QED) is 0.925. The molecule has 1 aromatic heterocycles. The van der Waals surface area contributed by atoms with E-state index >= 15 is 0 Å². The summed E-state index contributed by atoms with van der Waals surface area (Å²) in [4.78, 5) is 11.8. The smallest absolute Gasteiger partial charge is 0.335 e. The van der Waals surface area contributed by atoms with Crippen molar-refractivity contribution >= 4 is 29.1 Å². The molecule has 0 aliphatic carbocycles. The molecule has 0 saturated heterocycles. The van der Waals surface area contributed by atoms with Crippen LogP contribution in [0.25, 0.3) is 0 Å². The van der Waals surface area contributed by atoms with E-state index < -0.39 is 5.97 Å². The number of nitrogens with zero attached hydrogens (tertiary/aromatic N) is 2. The van der Waals surface area contributed by atoms with Crippen molar-refractivity contribution in [3.8, 4) is 0 Å². The standard InChI is InChI=1S/C11H10N2O2S2/c1-6-5-8(10(14)15)3-4-9(6)17-11-13-12-7(2)16-11/h3-5H,1-2H3,(H,14,15). The van der Waals surface area contributed by atoms with Crippen LogP contribution in [0.3, 0.4) is 0 Å². The van der Waals surface area contributed by atoms with Crippen LogP contribution in [0.1, 0.15) is 20.9 Å². The van der Waals surface area contributed by atoms with Crippen molar-refractivity contribution in [1.82, 2.24) is 10.2 Å². The predicted molar refractivity (Wildman–Crippen MR) is 66.9 cm³/mol. The van der Waals surface area contributed by atoms with Crippen molar-refractivity contribution in [1.29, 1.82) is 0 Å². The molecule has 0 aliphatic rings. The molecule has 0 aliphatic heterocycles. The summed E-state index contributed by atoms with van der Waals surface area (Å²) in [6.07, 6.45) is 0. The summed E-state index contributed by atoms with van der Waals surface area (Å²) in [5.74, 6) is -0.906. The van der Waals surface area contributed by atoms with Crippen LogP contribution < -0.4 is 0 Å². The van der Waals surface area contributed by atoms with Crippen LogP contribution in [0.4, 0.5) is 0 Å². The van der Waals surface area contributed by atoms with Crippen molar-refractivity contribution in [2.75, 3.05) is 0 Å². The molecule has 0 amide bonds. The Morgan fingerprint density at radius 2 is 2.12 bits per heavy atom. The molecule has 1 N–H and O–H groups in total. The van der Waals surface area contributed by atoms with Crippen molar-refractivity contribution in [2.45, 2.75) is 23.1 Å². The maximum atomic E-state index is 10.8. The molecule has 1 heterocycles. The third-order valence-electron chi connectivity index (χ3n) is 2.13. The third kappa shape index (κ3) is 2.83. The average molecular weight is 266 g/mol. The van der Waals surface area contributed by atoms with E-state index in [1.807, 2.05) is 13.8 Å². The van der Waals surface area contributed by atoms with Crippen LogP contribution in [-0.2, 0) is 0 Å². The van der Waals surface area contributed by atoms with Crippen molar-refractivity contribution in [3.63, 3.8) is 0 Å². The van der Waals surface area contributed by atoms with Gasteiger partial charge in [-0.1, -0.05) is 23.1 Å². The largest absolute Gasteiger partial charge is 0.478 e. The van der Waals surface area contributed by atoms with Crippen molar-refractivity contribution < 1.29 is 9.90 Å². The van der Waals surface area contributed by atoms with E-state index in [-0.39, 0.29) is 0 Å². The zero-order valence-corrected chi connectivity index (χ0v) is 10.9. The minimum atomic E-state index is -0.906. The van der Waals surface area contributed by atoms with Gasteiger partial charge in [-0.3, -0.25) is 0 Å². The van der Waals surface area contributed by atoms with Gasteiger partial charge < -0.3 is 5.11 Å². The van der Waals surface area contributed by atoms with Gasteiger partial charge in [0.05, 0.1) is 5.56 Å². The van der Waals surface area contributed by atoms with Crippen LogP contribution >= 0.6 is 23.1 Å². The van der Waals surface area contributed by atoms with Gasteiger partial charge in [-0.2, -0.15) is 0 Å². The first kappa shape index (κ1) is 12.1. The van der Waals surface area contributed by atoms with Crippen molar-refractivity contribution in [3.05, 3.63) is 34.3 Å². The molecule has 0 fully saturated rings. The first-order valence-electron chi connectivity index (χ1n) is 4.88. The van der Waals surface area contributed by atoms with E-state index in [0.717, 1.165) is 19.8 Å². The Bertz CT molecular complexity index is 566. The Kier molecular flexibility index (Phi) is 3.44. The van der Waals surface area contributed by atoms with E-state index in [0.29, 0.717) is 5.56 Å². The zero-order chi connectivity index (χ0) is 12.4. The summed E-state index contributed by atoms with van der Waals surface area (Å²) in [7, 11) is 0. The second-order valence-corrected chi connectivity index (χ2v) is 5.95. The number of carboxylic acid groups (broad SMARTS) is 1. The maximum Gasteiger partial charge on any atom is 0.335 e. The highest BCUT2D eigenvalue weighted by Crippen LogP contribution is 2.32. The second kappa shape index (κ2) is 4.85. The highest BCUT2D eigenvalue weighted by molar-refractivity contribution is 8.01. The molecule has 0 unspecified atom stereocenters. The Hall–Kier alpha value is -1.40. The van der Waals surface area contributed by atoms with Gasteiger partial charge in [0.15, 0.2) is 4.34 Å². The number of hydrogen-bond acceptors (Lipinski definition) is 5. The number of aromatic nitrogens is 2. The van der Waals surface area contributed by atoms with Gasteiger partial charge in [0.1, 0.15) is 5.01 Å². The van der Waals surface area contributed by atoms with E-state index in [2.05, 4.69) is 10.2 Å². The minimum absolute atomic E-state index is 0.306. The fourth-order valence-electron chi connectivity index (χ4n) is 1.31. The molecular formula is C11H10N2O2S2. The van der Waals surface area contributed by atoms with Gasteiger partial charge in [0.25, 0.3) is 0 Å². The SMILES string of the molecule is Cc1nnc(Sc2ccc(C(=O)O)cc2C)s1. The Labute approximate surface area is 107 Å². The predicted octanol–water partition coefficient (Wildman–Crippen LogP) is 3.00. The van der Waals surface area contributed by atoms with E-state index in [9.17, 15) is 4.79 Å². The van der Waals surface area contributed by atoms with Gasteiger partial charge in [0, 0.05) is 4.90 Å². The minimum Gasteiger partial charge on any atom is -0.478 e. The molecule has 0 atom stereocenters. The summed E-state index contributed by atoms with van der Waals surface area (Å²) in [5.41, 5.74) is 1.24. The number of hydrogen-bond donors (Lipinski definition) is 1. The molecule has 2 aromatic rings. The number of carbonyl (C=O) groups is 1. The number of aryl methyl sites for hydroxylation is 2. The molecular weight excluding hydrogens is 256 g/mol. The van der Waals surface area contributed by atoms with E-state index in [1.165, 1.54) is 23.1 Å². The highest BCUT2D eigenvalue weighted by Gasteiger charge is 2.09. The molecule has 2 rings (SSSR count). The molecule has 0 saturated carbocycles. The zero-order valence-electron chi connectivity index (χ0n) is 9.30. The first-order valence-corrected chi connectivity index (χ1v) is 6.51. The van der Waals surface area contributed by atoms with Gasteiger partial charge in [-0.05, 0) is 37.6 Å². The number of aromatic carboxylic acids is 1. The molecule has 4 nitrogen and oxygen atoms in total. The van der Waals surface area contributed by atoms with Crippen LogP contribution in [0, 0.1) is 13.8 Å². The third-order valence-corrected chi connectivity index (χ3v) is 4.19. The highest BCUT2D eigenvalue weighted by atomic mass is 32.2. The van der Waals surface area contributed by atoms with Gasteiger partial charge >= 0.3 is 5.97 Å². The Balaban J connectivity index is 2.25. The number of carboxylic acids is 1. The summed E-state index contributed by atoms with van der Waals surface area (Å²) in [6, 6.07) is 5.07. The number of rotatable bonds is 3. The van der Waals surface area contributed by atoms with Crippen LogP contribution in [0.5, 0.6) is 0 Å². The molecule has 0 spiro atoms. The Morgan fingerprint density at radius 1 is 1.35 bits per heavy atom.